The highest BCUT2D eigenvalue weighted by atomic mass is 35.5. The molecule has 112 valence electrons. The first-order chi connectivity index (χ1) is 9.23. The van der Waals surface area contributed by atoms with Crippen molar-refractivity contribution >= 4 is 34.6 Å². The maximum Gasteiger partial charge on any atom is 0.293 e. The largest absolute Gasteiger partial charge is 0.379 e. The third-order valence-electron chi connectivity index (χ3n) is 3.48. The van der Waals surface area contributed by atoms with E-state index in [9.17, 15) is 10.1 Å². The van der Waals surface area contributed by atoms with Crippen molar-refractivity contribution in [2.24, 2.45) is 17.8 Å². The third-order valence-corrected chi connectivity index (χ3v) is 4.20. The minimum Gasteiger partial charge on any atom is -0.379 e. The molecular weight excluding hydrogens is 299 g/mol. The molecule has 1 rings (SSSR count). The van der Waals surface area contributed by atoms with Crippen LogP contribution in [0.2, 0.25) is 10.0 Å². The molecule has 1 N–H and O–H groups in total. The molecule has 0 aliphatic carbocycles. The van der Waals surface area contributed by atoms with Crippen LogP contribution in [0.25, 0.3) is 0 Å². The van der Waals surface area contributed by atoms with Gasteiger partial charge in [0.25, 0.3) is 5.69 Å². The molecule has 1 aromatic rings. The first-order valence-corrected chi connectivity index (χ1v) is 7.37. The Kier molecular flexibility index (Phi) is 6.08. The van der Waals surface area contributed by atoms with E-state index in [0.29, 0.717) is 35.0 Å². The molecule has 6 heteroatoms. The van der Waals surface area contributed by atoms with Crippen LogP contribution >= 0.6 is 23.2 Å². The highest BCUT2D eigenvalue weighted by molar-refractivity contribution is 6.42. The van der Waals surface area contributed by atoms with Crippen molar-refractivity contribution < 1.29 is 4.92 Å². The van der Waals surface area contributed by atoms with Crippen molar-refractivity contribution in [3.8, 4) is 0 Å². The van der Waals surface area contributed by atoms with Crippen LogP contribution in [0.3, 0.4) is 0 Å². The average Bonchev–Trinajstić information content (AvgIpc) is 2.32. The SMILES string of the molecule is CC(C)C(CNc1cc(Cl)c(Cl)cc1[N+](=O)[O-])C(C)C. The van der Waals surface area contributed by atoms with E-state index in [4.69, 9.17) is 23.2 Å². The highest BCUT2D eigenvalue weighted by Crippen LogP contribution is 2.34. The Bertz CT molecular complexity index is 482. The van der Waals surface area contributed by atoms with E-state index in [1.54, 1.807) is 0 Å². The van der Waals surface area contributed by atoms with Gasteiger partial charge in [-0.15, -0.1) is 0 Å². The number of nitrogens with zero attached hydrogens (tertiary/aromatic N) is 1. The molecule has 0 aromatic heterocycles. The topological polar surface area (TPSA) is 55.2 Å². The lowest BCUT2D eigenvalue weighted by molar-refractivity contribution is -0.383. The van der Waals surface area contributed by atoms with Crippen molar-refractivity contribution in [1.29, 1.82) is 0 Å². The van der Waals surface area contributed by atoms with Crippen molar-refractivity contribution in [3.05, 3.63) is 32.3 Å². The molecule has 0 radical (unpaired) electrons. The Morgan fingerprint density at radius 1 is 1.15 bits per heavy atom. The normalized spacial score (nSPS) is 11.4. The van der Waals surface area contributed by atoms with Crippen molar-refractivity contribution in [3.63, 3.8) is 0 Å². The quantitative estimate of drug-likeness (QED) is 0.576. The van der Waals surface area contributed by atoms with Crippen molar-refractivity contribution in [2.75, 3.05) is 11.9 Å². The van der Waals surface area contributed by atoms with Gasteiger partial charge in [0, 0.05) is 12.6 Å². The van der Waals surface area contributed by atoms with Crippen LogP contribution in [-0.4, -0.2) is 11.5 Å². The van der Waals surface area contributed by atoms with Crippen LogP contribution in [0.1, 0.15) is 27.7 Å². The smallest absolute Gasteiger partial charge is 0.293 e. The second kappa shape index (κ2) is 7.14. The zero-order valence-corrected chi connectivity index (χ0v) is 13.6. The molecule has 0 saturated heterocycles. The number of anilines is 1. The molecule has 4 nitrogen and oxygen atoms in total. The van der Waals surface area contributed by atoms with Gasteiger partial charge in [0.15, 0.2) is 0 Å². The van der Waals surface area contributed by atoms with Gasteiger partial charge in [-0.2, -0.15) is 0 Å². The van der Waals surface area contributed by atoms with E-state index >= 15 is 0 Å². The summed E-state index contributed by atoms with van der Waals surface area (Å²) in [5, 5.41) is 14.7. The fraction of sp³-hybridized carbons (Fsp3) is 0.571. The maximum atomic E-state index is 11.1. The molecule has 0 spiro atoms. The molecule has 0 fully saturated rings. The predicted molar refractivity (Wildman–Crippen MR) is 84.8 cm³/mol. The Hall–Kier alpha value is -1.00. The highest BCUT2D eigenvalue weighted by Gasteiger charge is 2.21. The Morgan fingerprint density at radius 3 is 2.10 bits per heavy atom. The van der Waals surface area contributed by atoms with Gasteiger partial charge in [0.1, 0.15) is 5.69 Å². The van der Waals surface area contributed by atoms with Gasteiger partial charge in [-0.05, 0) is 23.8 Å². The Morgan fingerprint density at radius 2 is 1.65 bits per heavy atom. The van der Waals surface area contributed by atoms with Gasteiger partial charge in [0.2, 0.25) is 0 Å². The van der Waals surface area contributed by atoms with Gasteiger partial charge in [-0.25, -0.2) is 0 Å². The summed E-state index contributed by atoms with van der Waals surface area (Å²) in [4.78, 5) is 10.6. The zero-order valence-electron chi connectivity index (χ0n) is 12.1. The molecule has 0 aliphatic rings. The second-order valence-electron chi connectivity index (χ2n) is 5.57. The number of nitrogens with one attached hydrogen (secondary N) is 1. The zero-order chi connectivity index (χ0) is 15.4. The van der Waals surface area contributed by atoms with Crippen molar-refractivity contribution in [1.82, 2.24) is 0 Å². The van der Waals surface area contributed by atoms with E-state index in [2.05, 4.69) is 33.0 Å². The van der Waals surface area contributed by atoms with E-state index in [0.717, 1.165) is 0 Å². The molecule has 0 heterocycles. The maximum absolute atomic E-state index is 11.1. The molecule has 0 saturated carbocycles. The first kappa shape index (κ1) is 17.1. The van der Waals surface area contributed by atoms with E-state index < -0.39 is 4.92 Å². The van der Waals surface area contributed by atoms with Gasteiger partial charge in [0.05, 0.1) is 15.0 Å². The fourth-order valence-corrected chi connectivity index (χ4v) is 2.62. The van der Waals surface area contributed by atoms with Crippen LogP contribution < -0.4 is 5.32 Å². The van der Waals surface area contributed by atoms with E-state index in [-0.39, 0.29) is 10.7 Å². The summed E-state index contributed by atoms with van der Waals surface area (Å²) in [6.07, 6.45) is 0. The predicted octanol–water partition coefficient (Wildman–Crippen LogP) is 5.24. The summed E-state index contributed by atoms with van der Waals surface area (Å²) in [5.74, 6) is 1.40. The summed E-state index contributed by atoms with van der Waals surface area (Å²) in [7, 11) is 0. The molecule has 0 bridgehead atoms. The first-order valence-electron chi connectivity index (χ1n) is 6.61. The number of nitro benzene ring substituents is 1. The molecule has 0 unspecified atom stereocenters. The molecule has 0 amide bonds. The summed E-state index contributed by atoms with van der Waals surface area (Å²) in [6, 6.07) is 2.80. The summed E-state index contributed by atoms with van der Waals surface area (Å²) >= 11 is 11.8. The summed E-state index contributed by atoms with van der Waals surface area (Å²) in [5.41, 5.74) is 0.362. The minimum absolute atomic E-state index is 0.0503. The number of nitro groups is 1. The number of benzene rings is 1. The summed E-state index contributed by atoms with van der Waals surface area (Å²) < 4.78 is 0. The number of halogens is 2. The molecular formula is C14H20Cl2N2O2. The van der Waals surface area contributed by atoms with Crippen LogP contribution in [-0.2, 0) is 0 Å². The average molecular weight is 319 g/mol. The Balaban J connectivity index is 2.97. The van der Waals surface area contributed by atoms with Crippen LogP contribution in [0.15, 0.2) is 12.1 Å². The fourth-order valence-electron chi connectivity index (χ4n) is 2.30. The third kappa shape index (κ3) is 4.25. The number of rotatable bonds is 6. The lowest BCUT2D eigenvalue weighted by Gasteiger charge is -2.25. The lowest BCUT2D eigenvalue weighted by atomic mass is 9.85. The summed E-state index contributed by atoms with van der Waals surface area (Å²) in [6.45, 7) is 9.25. The molecule has 1 aromatic carbocycles. The number of hydrogen-bond donors (Lipinski definition) is 1. The second-order valence-corrected chi connectivity index (χ2v) is 6.39. The Labute approximate surface area is 129 Å². The van der Waals surface area contributed by atoms with Gasteiger partial charge in [-0.1, -0.05) is 50.9 Å². The van der Waals surface area contributed by atoms with E-state index in [1.165, 1.54) is 12.1 Å². The number of hydrogen-bond acceptors (Lipinski definition) is 3. The van der Waals surface area contributed by atoms with Crippen molar-refractivity contribution in [2.45, 2.75) is 27.7 Å². The van der Waals surface area contributed by atoms with Gasteiger partial charge >= 0.3 is 0 Å². The van der Waals surface area contributed by atoms with Crippen LogP contribution in [0.4, 0.5) is 11.4 Å². The van der Waals surface area contributed by atoms with Gasteiger partial charge in [-0.3, -0.25) is 10.1 Å². The standard InChI is InChI=1S/C14H20Cl2N2O2/c1-8(2)10(9(3)4)7-17-13-5-11(15)12(16)6-14(13)18(19)20/h5-6,8-10,17H,7H2,1-4H3. The molecule has 0 aliphatic heterocycles. The van der Waals surface area contributed by atoms with Gasteiger partial charge < -0.3 is 5.32 Å². The lowest BCUT2D eigenvalue weighted by Crippen LogP contribution is -2.24. The minimum atomic E-state index is -0.454. The molecule has 0 atom stereocenters. The van der Waals surface area contributed by atoms with E-state index in [1.807, 2.05) is 0 Å². The van der Waals surface area contributed by atoms with Crippen LogP contribution in [0.5, 0.6) is 0 Å². The molecule has 20 heavy (non-hydrogen) atoms. The monoisotopic (exact) mass is 318 g/mol. The van der Waals surface area contributed by atoms with Crippen LogP contribution in [0, 0.1) is 27.9 Å².